The number of esters is 3. The lowest BCUT2D eigenvalue weighted by Gasteiger charge is -2.18. The first-order chi connectivity index (χ1) is 32.5. The first-order valence-corrected chi connectivity index (χ1v) is 29.0. The molecule has 0 amide bonds. The number of carbonyl (C=O) groups excluding carboxylic acids is 3. The van der Waals surface area contributed by atoms with Crippen LogP contribution in [0.25, 0.3) is 0 Å². The number of hydrogen-bond acceptors (Lipinski definition) is 6. The summed E-state index contributed by atoms with van der Waals surface area (Å²) in [6.07, 6.45) is 65.7. The summed E-state index contributed by atoms with van der Waals surface area (Å²) in [5.41, 5.74) is 0. The third-order valence-electron chi connectivity index (χ3n) is 12.9. The van der Waals surface area contributed by atoms with Gasteiger partial charge < -0.3 is 14.2 Å². The highest BCUT2D eigenvalue weighted by molar-refractivity contribution is 5.71. The van der Waals surface area contributed by atoms with Gasteiger partial charge >= 0.3 is 17.9 Å². The van der Waals surface area contributed by atoms with Crippen LogP contribution in [0.2, 0.25) is 0 Å². The molecule has 0 rings (SSSR count). The van der Waals surface area contributed by atoms with Crippen molar-refractivity contribution < 1.29 is 28.6 Å². The van der Waals surface area contributed by atoms with Gasteiger partial charge in [0, 0.05) is 19.3 Å². The van der Waals surface area contributed by atoms with Crippen LogP contribution >= 0.6 is 0 Å². The first kappa shape index (κ1) is 63.6. The maximum absolute atomic E-state index is 12.8. The molecule has 0 radical (unpaired) electrons. The highest BCUT2D eigenvalue weighted by Crippen LogP contribution is 2.17. The third-order valence-corrected chi connectivity index (χ3v) is 12.9. The molecule has 0 aliphatic carbocycles. The van der Waals surface area contributed by atoms with Gasteiger partial charge in [0.1, 0.15) is 13.2 Å². The summed E-state index contributed by atoms with van der Waals surface area (Å²) in [5.74, 6) is -0.874. The fourth-order valence-electron chi connectivity index (χ4n) is 8.48. The number of ether oxygens (including phenoxy) is 3. The molecule has 0 heterocycles. The van der Waals surface area contributed by atoms with Crippen LogP contribution in [-0.2, 0) is 28.6 Å². The van der Waals surface area contributed by atoms with Crippen LogP contribution in [-0.4, -0.2) is 37.2 Å². The Morgan fingerprint density at radius 3 is 0.924 bits per heavy atom. The van der Waals surface area contributed by atoms with Gasteiger partial charge in [-0.05, 0) is 64.2 Å². The second kappa shape index (κ2) is 55.2. The fourth-order valence-corrected chi connectivity index (χ4v) is 8.48. The van der Waals surface area contributed by atoms with Crippen LogP contribution < -0.4 is 0 Å². The maximum Gasteiger partial charge on any atom is 0.306 e. The zero-order valence-corrected chi connectivity index (χ0v) is 44.2. The molecule has 0 N–H and O–H groups in total. The van der Waals surface area contributed by atoms with Crippen LogP contribution in [0, 0.1) is 0 Å². The largest absolute Gasteiger partial charge is 0.462 e. The summed E-state index contributed by atoms with van der Waals surface area (Å²) in [6, 6.07) is 0. The quantitative estimate of drug-likeness (QED) is 0.0199. The number of unbranched alkanes of at least 4 members (excludes halogenated alkanes) is 37. The molecule has 0 aromatic carbocycles. The Bertz CT molecular complexity index is 1110. The van der Waals surface area contributed by atoms with E-state index < -0.39 is 6.10 Å². The Morgan fingerprint density at radius 2 is 0.561 bits per heavy atom. The molecule has 0 fully saturated rings. The molecule has 0 saturated carbocycles. The lowest BCUT2D eigenvalue weighted by atomic mass is 10.0. The van der Waals surface area contributed by atoms with E-state index in [0.717, 1.165) is 77.0 Å². The smallest absolute Gasteiger partial charge is 0.306 e. The van der Waals surface area contributed by atoms with Gasteiger partial charge in [-0.25, -0.2) is 0 Å². The zero-order valence-electron chi connectivity index (χ0n) is 44.2. The summed E-state index contributed by atoms with van der Waals surface area (Å²) < 4.78 is 16.8. The Balaban J connectivity index is 4.26. The summed E-state index contributed by atoms with van der Waals surface area (Å²) in [6.45, 7) is 6.60. The molecule has 1 atom stereocenters. The van der Waals surface area contributed by atoms with Crippen molar-refractivity contribution in [1.29, 1.82) is 0 Å². The number of allylic oxidation sites excluding steroid dienone is 6. The predicted molar refractivity (Wildman–Crippen MR) is 284 cm³/mol. The van der Waals surface area contributed by atoms with E-state index in [1.54, 1.807) is 0 Å². The van der Waals surface area contributed by atoms with Crippen molar-refractivity contribution in [1.82, 2.24) is 0 Å². The molecule has 0 aliphatic heterocycles. The predicted octanol–water partition coefficient (Wildman–Crippen LogP) is 19.3. The van der Waals surface area contributed by atoms with Gasteiger partial charge in [-0.1, -0.05) is 263 Å². The average molecular weight is 928 g/mol. The molecule has 386 valence electrons. The lowest BCUT2D eigenvalue weighted by Crippen LogP contribution is -2.30. The molecule has 6 nitrogen and oxygen atoms in total. The van der Waals surface area contributed by atoms with Crippen molar-refractivity contribution in [3.05, 3.63) is 36.5 Å². The topological polar surface area (TPSA) is 78.9 Å². The molecule has 0 bridgehead atoms. The SMILES string of the molecule is CCCC/C=C\CCCCCCC(=O)OCC(COC(=O)CCCCCCCCCCCC/C=C\C=C/CCCCC)OC(=O)CCCCCCCCCCCCCCCCCCCCC. The molecular weight excluding hydrogens is 817 g/mol. The van der Waals surface area contributed by atoms with Crippen LogP contribution in [0.15, 0.2) is 36.5 Å². The molecule has 0 aliphatic rings. The van der Waals surface area contributed by atoms with Gasteiger partial charge in [-0.15, -0.1) is 0 Å². The minimum Gasteiger partial charge on any atom is -0.462 e. The molecular formula is C60H110O6. The minimum absolute atomic E-state index is 0.0741. The summed E-state index contributed by atoms with van der Waals surface area (Å²) in [5, 5.41) is 0. The van der Waals surface area contributed by atoms with Gasteiger partial charge in [0.2, 0.25) is 0 Å². The van der Waals surface area contributed by atoms with Crippen molar-refractivity contribution in [3.63, 3.8) is 0 Å². The Kier molecular flexibility index (Phi) is 53.2. The standard InChI is InChI=1S/C60H110O6/c1-4-7-10-13-16-19-22-24-26-28-30-32-34-36-38-41-44-47-50-53-59(62)65-56-57(55-64-58(61)52-49-46-43-40-21-18-15-12-9-6-3)66-60(63)54-51-48-45-42-39-37-35-33-31-29-27-25-23-20-17-14-11-8-5-2/h15-16,18-19,22,24,57H,4-14,17,20-21,23,25-56H2,1-3H3/b18-15-,19-16-,24-22-. The third kappa shape index (κ3) is 52.6. The van der Waals surface area contributed by atoms with E-state index in [1.165, 1.54) is 193 Å². The van der Waals surface area contributed by atoms with Crippen molar-refractivity contribution in [3.8, 4) is 0 Å². The van der Waals surface area contributed by atoms with E-state index in [0.29, 0.717) is 19.3 Å². The van der Waals surface area contributed by atoms with Crippen LogP contribution in [0.5, 0.6) is 0 Å². The first-order valence-electron chi connectivity index (χ1n) is 29.0. The van der Waals surface area contributed by atoms with E-state index in [4.69, 9.17) is 14.2 Å². The van der Waals surface area contributed by atoms with Gasteiger partial charge in [0.25, 0.3) is 0 Å². The normalized spacial score (nSPS) is 12.2. The van der Waals surface area contributed by atoms with E-state index in [-0.39, 0.29) is 31.1 Å². The number of carbonyl (C=O) groups is 3. The summed E-state index contributed by atoms with van der Waals surface area (Å²) in [4.78, 5) is 38.1. The molecule has 0 aromatic rings. The average Bonchev–Trinajstić information content (AvgIpc) is 3.31. The molecule has 0 saturated heterocycles. The Labute approximate surface area is 410 Å². The maximum atomic E-state index is 12.8. The van der Waals surface area contributed by atoms with Crippen molar-refractivity contribution >= 4 is 17.9 Å². The fraction of sp³-hybridized carbons (Fsp3) is 0.850. The van der Waals surface area contributed by atoms with E-state index in [1.807, 2.05) is 0 Å². The highest BCUT2D eigenvalue weighted by Gasteiger charge is 2.19. The number of rotatable bonds is 53. The number of hydrogen-bond donors (Lipinski definition) is 0. The lowest BCUT2D eigenvalue weighted by molar-refractivity contribution is -0.167. The van der Waals surface area contributed by atoms with Crippen LogP contribution in [0.4, 0.5) is 0 Å². The molecule has 66 heavy (non-hydrogen) atoms. The van der Waals surface area contributed by atoms with Crippen LogP contribution in [0.1, 0.15) is 310 Å². The van der Waals surface area contributed by atoms with Crippen LogP contribution in [0.3, 0.4) is 0 Å². The highest BCUT2D eigenvalue weighted by atomic mass is 16.6. The molecule has 1 unspecified atom stereocenters. The molecule has 0 aromatic heterocycles. The van der Waals surface area contributed by atoms with Gasteiger partial charge in [-0.2, -0.15) is 0 Å². The minimum atomic E-state index is -0.774. The van der Waals surface area contributed by atoms with Crippen molar-refractivity contribution in [2.75, 3.05) is 13.2 Å². The van der Waals surface area contributed by atoms with E-state index in [9.17, 15) is 14.4 Å². The summed E-state index contributed by atoms with van der Waals surface area (Å²) >= 11 is 0. The van der Waals surface area contributed by atoms with Gasteiger partial charge in [-0.3, -0.25) is 14.4 Å². The Hall–Kier alpha value is -2.37. The zero-order chi connectivity index (χ0) is 47.9. The van der Waals surface area contributed by atoms with E-state index in [2.05, 4.69) is 57.2 Å². The van der Waals surface area contributed by atoms with Gasteiger partial charge in [0.05, 0.1) is 0 Å². The van der Waals surface area contributed by atoms with Crippen molar-refractivity contribution in [2.45, 2.75) is 316 Å². The second-order valence-corrected chi connectivity index (χ2v) is 19.6. The molecule has 0 spiro atoms. The van der Waals surface area contributed by atoms with Crippen molar-refractivity contribution in [2.24, 2.45) is 0 Å². The van der Waals surface area contributed by atoms with E-state index >= 15 is 0 Å². The Morgan fingerprint density at radius 1 is 0.303 bits per heavy atom. The monoisotopic (exact) mass is 927 g/mol. The second-order valence-electron chi connectivity index (χ2n) is 19.6. The van der Waals surface area contributed by atoms with Gasteiger partial charge in [0.15, 0.2) is 6.10 Å². The summed E-state index contributed by atoms with van der Waals surface area (Å²) in [7, 11) is 0. The molecule has 6 heteroatoms.